The zero-order valence-electron chi connectivity index (χ0n) is 11.2. The molecule has 102 valence electrons. The van der Waals surface area contributed by atoms with E-state index >= 15 is 0 Å². The number of rotatable bonds is 4. The van der Waals surface area contributed by atoms with Crippen LogP contribution in [-0.2, 0) is 6.42 Å². The lowest BCUT2D eigenvalue weighted by Crippen LogP contribution is -2.06. The van der Waals surface area contributed by atoms with Crippen LogP contribution >= 0.6 is 0 Å². The Hall–Kier alpha value is -2.56. The number of hydrogen-bond acceptors (Lipinski definition) is 4. The highest BCUT2D eigenvalue weighted by Gasteiger charge is 2.02. The van der Waals surface area contributed by atoms with Crippen LogP contribution in [0.4, 0.5) is 5.95 Å². The minimum atomic E-state index is 0.291. The first kappa shape index (κ1) is 12.5. The van der Waals surface area contributed by atoms with Gasteiger partial charge in [-0.2, -0.15) is 4.98 Å². The quantitative estimate of drug-likeness (QED) is 0.762. The second-order valence-corrected chi connectivity index (χ2v) is 4.79. The average Bonchev–Trinajstić information content (AvgIpc) is 2.83. The van der Waals surface area contributed by atoms with Crippen molar-refractivity contribution in [1.82, 2.24) is 14.6 Å². The minimum Gasteiger partial charge on any atom is -0.508 e. The third kappa shape index (κ3) is 2.71. The highest BCUT2D eigenvalue weighted by molar-refractivity contribution is 5.44. The zero-order valence-corrected chi connectivity index (χ0v) is 11.2. The van der Waals surface area contributed by atoms with Crippen LogP contribution in [0, 0.1) is 6.92 Å². The molecule has 0 amide bonds. The van der Waals surface area contributed by atoms with Crippen molar-refractivity contribution in [1.29, 1.82) is 0 Å². The number of anilines is 1. The Bertz CT molecular complexity index is 718. The van der Waals surface area contributed by atoms with Gasteiger partial charge in [0, 0.05) is 12.7 Å². The third-order valence-corrected chi connectivity index (χ3v) is 3.11. The fourth-order valence-electron chi connectivity index (χ4n) is 2.04. The summed E-state index contributed by atoms with van der Waals surface area (Å²) in [7, 11) is 0. The highest BCUT2D eigenvalue weighted by Crippen LogP contribution is 2.11. The summed E-state index contributed by atoms with van der Waals surface area (Å²) >= 11 is 0. The second-order valence-electron chi connectivity index (χ2n) is 4.79. The summed E-state index contributed by atoms with van der Waals surface area (Å²) in [5.41, 5.74) is 3.15. The minimum absolute atomic E-state index is 0.291. The van der Waals surface area contributed by atoms with Gasteiger partial charge in [0.15, 0.2) is 5.65 Å². The lowest BCUT2D eigenvalue weighted by atomic mass is 10.1. The van der Waals surface area contributed by atoms with Crippen LogP contribution < -0.4 is 5.32 Å². The molecule has 0 aliphatic carbocycles. The van der Waals surface area contributed by atoms with Gasteiger partial charge < -0.3 is 10.4 Å². The number of aromatic hydroxyl groups is 1. The maximum Gasteiger partial charge on any atom is 0.243 e. The molecular formula is C15H16N4O. The molecule has 20 heavy (non-hydrogen) atoms. The van der Waals surface area contributed by atoms with Gasteiger partial charge in [-0.25, -0.2) is 4.52 Å². The van der Waals surface area contributed by atoms with E-state index in [2.05, 4.69) is 15.4 Å². The first-order chi connectivity index (χ1) is 9.70. The van der Waals surface area contributed by atoms with Crippen molar-refractivity contribution in [3.63, 3.8) is 0 Å². The smallest absolute Gasteiger partial charge is 0.243 e. The van der Waals surface area contributed by atoms with Gasteiger partial charge in [0.1, 0.15) is 5.75 Å². The molecule has 0 fully saturated rings. The van der Waals surface area contributed by atoms with E-state index in [4.69, 9.17) is 0 Å². The maximum absolute atomic E-state index is 9.22. The summed E-state index contributed by atoms with van der Waals surface area (Å²) in [4.78, 5) is 4.40. The number of aryl methyl sites for hydroxylation is 1. The number of benzene rings is 1. The number of phenolic OH excluding ortho intramolecular Hbond substituents is 1. The van der Waals surface area contributed by atoms with Crippen LogP contribution in [0.25, 0.3) is 5.65 Å². The van der Waals surface area contributed by atoms with E-state index in [0.29, 0.717) is 11.7 Å². The molecule has 0 aliphatic rings. The Kier molecular flexibility index (Phi) is 3.25. The van der Waals surface area contributed by atoms with Gasteiger partial charge in [0.2, 0.25) is 5.95 Å². The molecule has 0 atom stereocenters. The van der Waals surface area contributed by atoms with Crippen molar-refractivity contribution in [2.45, 2.75) is 13.3 Å². The van der Waals surface area contributed by atoms with Crippen molar-refractivity contribution >= 4 is 11.6 Å². The van der Waals surface area contributed by atoms with Crippen LogP contribution in [0.2, 0.25) is 0 Å². The molecule has 2 aromatic heterocycles. The zero-order chi connectivity index (χ0) is 13.9. The van der Waals surface area contributed by atoms with Gasteiger partial charge in [0.25, 0.3) is 0 Å². The first-order valence-corrected chi connectivity index (χ1v) is 6.55. The predicted molar refractivity (Wildman–Crippen MR) is 78.0 cm³/mol. The number of phenols is 1. The molecular weight excluding hydrogens is 252 g/mol. The number of aromatic nitrogens is 3. The molecule has 0 spiro atoms. The average molecular weight is 268 g/mol. The van der Waals surface area contributed by atoms with E-state index in [9.17, 15) is 5.11 Å². The number of pyridine rings is 1. The van der Waals surface area contributed by atoms with Crippen LogP contribution in [0.5, 0.6) is 5.75 Å². The van der Waals surface area contributed by atoms with Crippen molar-refractivity contribution in [3.8, 4) is 5.75 Å². The highest BCUT2D eigenvalue weighted by atomic mass is 16.3. The van der Waals surface area contributed by atoms with E-state index < -0.39 is 0 Å². The summed E-state index contributed by atoms with van der Waals surface area (Å²) in [5.74, 6) is 0.925. The molecule has 2 heterocycles. The summed E-state index contributed by atoms with van der Waals surface area (Å²) in [6.07, 6.45) is 2.81. The molecule has 0 radical (unpaired) electrons. The predicted octanol–water partition coefficient (Wildman–Crippen LogP) is 2.40. The summed E-state index contributed by atoms with van der Waals surface area (Å²) in [6, 6.07) is 11.2. The molecule has 1 aromatic carbocycles. The molecule has 5 heteroatoms. The second kappa shape index (κ2) is 5.21. The summed E-state index contributed by atoms with van der Waals surface area (Å²) in [5, 5.41) is 16.8. The SMILES string of the molecule is Cc1ccc2nc(NCCc3ccc(O)cc3)nn2c1. The molecule has 0 saturated heterocycles. The molecule has 0 bridgehead atoms. The fourth-order valence-corrected chi connectivity index (χ4v) is 2.04. The maximum atomic E-state index is 9.22. The Balaban J connectivity index is 1.63. The fraction of sp³-hybridized carbons (Fsp3) is 0.200. The van der Waals surface area contributed by atoms with Gasteiger partial charge in [-0.05, 0) is 42.7 Å². The van der Waals surface area contributed by atoms with Crippen molar-refractivity contribution in [2.75, 3.05) is 11.9 Å². The molecule has 0 aliphatic heterocycles. The Morgan fingerprint density at radius 3 is 2.75 bits per heavy atom. The largest absolute Gasteiger partial charge is 0.508 e. The van der Waals surface area contributed by atoms with Crippen molar-refractivity contribution in [2.24, 2.45) is 0 Å². The Labute approximate surface area is 116 Å². The monoisotopic (exact) mass is 268 g/mol. The Morgan fingerprint density at radius 2 is 1.95 bits per heavy atom. The summed E-state index contributed by atoms with van der Waals surface area (Å²) < 4.78 is 1.78. The van der Waals surface area contributed by atoms with E-state index in [1.165, 1.54) is 0 Å². The van der Waals surface area contributed by atoms with Crippen LogP contribution in [0.15, 0.2) is 42.6 Å². The lowest BCUT2D eigenvalue weighted by Gasteiger charge is -2.02. The molecule has 3 rings (SSSR count). The number of nitrogens with one attached hydrogen (secondary N) is 1. The molecule has 0 saturated carbocycles. The molecule has 3 aromatic rings. The van der Waals surface area contributed by atoms with Gasteiger partial charge >= 0.3 is 0 Å². The molecule has 0 unspecified atom stereocenters. The van der Waals surface area contributed by atoms with Gasteiger partial charge in [-0.15, -0.1) is 5.10 Å². The number of hydrogen-bond donors (Lipinski definition) is 2. The van der Waals surface area contributed by atoms with Gasteiger partial charge in [-0.1, -0.05) is 18.2 Å². The van der Waals surface area contributed by atoms with E-state index in [-0.39, 0.29) is 0 Å². The molecule has 5 nitrogen and oxygen atoms in total. The van der Waals surface area contributed by atoms with Crippen LogP contribution in [0.1, 0.15) is 11.1 Å². The van der Waals surface area contributed by atoms with Gasteiger partial charge in [0.05, 0.1) is 0 Å². The lowest BCUT2D eigenvalue weighted by molar-refractivity contribution is 0.475. The Morgan fingerprint density at radius 1 is 1.15 bits per heavy atom. The van der Waals surface area contributed by atoms with Gasteiger partial charge in [-0.3, -0.25) is 0 Å². The third-order valence-electron chi connectivity index (χ3n) is 3.11. The topological polar surface area (TPSA) is 62.5 Å². The molecule has 2 N–H and O–H groups in total. The first-order valence-electron chi connectivity index (χ1n) is 6.55. The standard InChI is InChI=1S/C15H16N4O/c1-11-2-7-14-17-15(18-19(14)10-11)16-9-8-12-3-5-13(20)6-4-12/h2-7,10,20H,8-9H2,1H3,(H,16,18). The normalized spacial score (nSPS) is 10.8. The number of nitrogens with zero attached hydrogens (tertiary/aromatic N) is 3. The van der Waals surface area contributed by atoms with E-state index in [1.54, 1.807) is 16.6 Å². The van der Waals surface area contributed by atoms with Crippen LogP contribution in [-0.4, -0.2) is 26.2 Å². The number of fused-ring (bicyclic) bond motifs is 1. The summed E-state index contributed by atoms with van der Waals surface area (Å²) in [6.45, 7) is 2.78. The van der Waals surface area contributed by atoms with Crippen LogP contribution in [0.3, 0.4) is 0 Å². The van der Waals surface area contributed by atoms with E-state index in [1.807, 2.05) is 37.4 Å². The van der Waals surface area contributed by atoms with Crippen molar-refractivity contribution < 1.29 is 5.11 Å². The van der Waals surface area contributed by atoms with E-state index in [0.717, 1.165) is 29.7 Å². The van der Waals surface area contributed by atoms with Crippen molar-refractivity contribution in [3.05, 3.63) is 53.7 Å².